The van der Waals surface area contributed by atoms with E-state index in [4.69, 9.17) is 10.5 Å². The summed E-state index contributed by atoms with van der Waals surface area (Å²) in [5.74, 6) is 1.30. The Morgan fingerprint density at radius 2 is 1.95 bits per heavy atom. The Kier molecular flexibility index (Phi) is 3.08. The Morgan fingerprint density at radius 3 is 2.74 bits per heavy atom. The number of pyridine rings is 2. The Hall–Kier alpha value is -2.46. The molecule has 2 aromatic heterocycles. The largest absolute Gasteiger partial charge is 0.438 e. The van der Waals surface area contributed by atoms with Gasteiger partial charge in [0, 0.05) is 30.4 Å². The number of nitrogens with two attached hydrogens (primary N) is 1. The predicted octanol–water partition coefficient (Wildman–Crippen LogP) is 2.88. The monoisotopic (exact) mass is 251 g/mol. The fourth-order valence-electron chi connectivity index (χ4n) is 1.87. The van der Waals surface area contributed by atoms with Crippen LogP contribution in [0.1, 0.15) is 5.56 Å². The second kappa shape index (κ2) is 5.04. The van der Waals surface area contributed by atoms with Crippen molar-refractivity contribution < 1.29 is 4.74 Å². The summed E-state index contributed by atoms with van der Waals surface area (Å²) in [7, 11) is 0. The maximum atomic E-state index is 5.80. The molecule has 3 aromatic rings. The van der Waals surface area contributed by atoms with Crippen LogP contribution < -0.4 is 10.5 Å². The molecule has 0 amide bonds. The van der Waals surface area contributed by atoms with Gasteiger partial charge < -0.3 is 10.5 Å². The highest BCUT2D eigenvalue weighted by Gasteiger charge is 2.04. The molecule has 2 heterocycles. The van der Waals surface area contributed by atoms with Gasteiger partial charge in [0.1, 0.15) is 5.75 Å². The lowest BCUT2D eigenvalue weighted by Gasteiger charge is -2.07. The molecule has 19 heavy (non-hydrogen) atoms. The smallest absolute Gasteiger partial charge is 0.219 e. The van der Waals surface area contributed by atoms with Crippen LogP contribution in [0.5, 0.6) is 11.6 Å². The second-order valence-electron chi connectivity index (χ2n) is 4.14. The molecule has 0 aliphatic heterocycles. The van der Waals surface area contributed by atoms with E-state index >= 15 is 0 Å². The summed E-state index contributed by atoms with van der Waals surface area (Å²) < 4.78 is 5.80. The average Bonchev–Trinajstić information content (AvgIpc) is 2.48. The van der Waals surface area contributed by atoms with Gasteiger partial charge in [0.05, 0.1) is 5.52 Å². The van der Waals surface area contributed by atoms with Crippen molar-refractivity contribution in [1.29, 1.82) is 0 Å². The summed E-state index contributed by atoms with van der Waals surface area (Å²) in [6.07, 6.45) is 3.49. The standard InChI is InChI=1S/C15H13N3O/c16-9-11-6-7-15(18-10-11)19-14-5-1-4-13-12(14)3-2-8-17-13/h1-8,10H,9,16H2. The Labute approximate surface area is 110 Å². The molecule has 3 rings (SSSR count). The zero-order chi connectivity index (χ0) is 13.1. The number of benzene rings is 1. The van der Waals surface area contributed by atoms with E-state index in [0.717, 1.165) is 22.2 Å². The third-order valence-corrected chi connectivity index (χ3v) is 2.85. The topological polar surface area (TPSA) is 61.0 Å². The first-order valence-corrected chi connectivity index (χ1v) is 6.03. The maximum absolute atomic E-state index is 5.80. The van der Waals surface area contributed by atoms with E-state index in [1.165, 1.54) is 0 Å². The summed E-state index contributed by atoms with van der Waals surface area (Å²) in [5.41, 5.74) is 7.42. The van der Waals surface area contributed by atoms with Crippen LogP contribution in [0.4, 0.5) is 0 Å². The summed E-state index contributed by atoms with van der Waals surface area (Å²) in [6, 6.07) is 13.4. The molecular weight excluding hydrogens is 238 g/mol. The number of hydrogen-bond donors (Lipinski definition) is 1. The van der Waals surface area contributed by atoms with Crippen LogP contribution in [0.2, 0.25) is 0 Å². The van der Waals surface area contributed by atoms with Crippen LogP contribution in [-0.2, 0) is 6.54 Å². The number of rotatable bonds is 3. The summed E-state index contributed by atoms with van der Waals surface area (Å²) in [6.45, 7) is 0.478. The molecule has 0 aliphatic rings. The summed E-state index contributed by atoms with van der Waals surface area (Å²) in [4.78, 5) is 8.52. The number of fused-ring (bicyclic) bond motifs is 1. The molecule has 0 radical (unpaired) electrons. The van der Waals surface area contributed by atoms with Crippen LogP contribution in [0.25, 0.3) is 10.9 Å². The third kappa shape index (κ3) is 2.39. The van der Waals surface area contributed by atoms with Gasteiger partial charge in [-0.05, 0) is 29.8 Å². The minimum absolute atomic E-state index is 0.478. The molecule has 0 aliphatic carbocycles. The van der Waals surface area contributed by atoms with Gasteiger partial charge in [-0.2, -0.15) is 0 Å². The van der Waals surface area contributed by atoms with Crippen molar-refractivity contribution in [3.8, 4) is 11.6 Å². The van der Waals surface area contributed by atoms with E-state index in [-0.39, 0.29) is 0 Å². The van der Waals surface area contributed by atoms with E-state index < -0.39 is 0 Å². The van der Waals surface area contributed by atoms with Crippen molar-refractivity contribution in [3.05, 3.63) is 60.4 Å². The van der Waals surface area contributed by atoms with Crippen LogP contribution in [0, 0.1) is 0 Å². The zero-order valence-corrected chi connectivity index (χ0v) is 10.3. The number of aromatic nitrogens is 2. The summed E-state index contributed by atoms with van der Waals surface area (Å²) in [5, 5.41) is 0.967. The van der Waals surface area contributed by atoms with E-state index in [1.807, 2.05) is 42.5 Å². The molecule has 0 bridgehead atoms. The van der Waals surface area contributed by atoms with Crippen LogP contribution in [0.15, 0.2) is 54.9 Å². The average molecular weight is 251 g/mol. The zero-order valence-electron chi connectivity index (χ0n) is 10.3. The normalized spacial score (nSPS) is 10.6. The minimum Gasteiger partial charge on any atom is -0.438 e. The molecule has 2 N–H and O–H groups in total. The minimum atomic E-state index is 0.478. The van der Waals surface area contributed by atoms with Crippen molar-refractivity contribution in [1.82, 2.24) is 9.97 Å². The van der Waals surface area contributed by atoms with Gasteiger partial charge in [0.15, 0.2) is 0 Å². The Bertz CT molecular complexity index is 690. The van der Waals surface area contributed by atoms with Crippen molar-refractivity contribution in [2.45, 2.75) is 6.54 Å². The Morgan fingerprint density at radius 1 is 1.00 bits per heavy atom. The molecule has 0 fully saturated rings. The van der Waals surface area contributed by atoms with Crippen molar-refractivity contribution in [3.63, 3.8) is 0 Å². The predicted molar refractivity (Wildman–Crippen MR) is 73.9 cm³/mol. The number of ether oxygens (including phenoxy) is 1. The lowest BCUT2D eigenvalue weighted by molar-refractivity contribution is 0.467. The van der Waals surface area contributed by atoms with E-state index in [0.29, 0.717) is 12.4 Å². The molecule has 4 heteroatoms. The molecule has 94 valence electrons. The van der Waals surface area contributed by atoms with Gasteiger partial charge >= 0.3 is 0 Å². The highest BCUT2D eigenvalue weighted by Crippen LogP contribution is 2.27. The fourth-order valence-corrected chi connectivity index (χ4v) is 1.87. The molecule has 4 nitrogen and oxygen atoms in total. The lowest BCUT2D eigenvalue weighted by Crippen LogP contribution is -1.97. The van der Waals surface area contributed by atoms with E-state index in [2.05, 4.69) is 9.97 Å². The molecule has 0 spiro atoms. The van der Waals surface area contributed by atoms with Crippen molar-refractivity contribution in [2.24, 2.45) is 5.73 Å². The lowest BCUT2D eigenvalue weighted by atomic mass is 10.2. The van der Waals surface area contributed by atoms with Gasteiger partial charge in [-0.1, -0.05) is 12.1 Å². The molecule has 0 saturated heterocycles. The Balaban J connectivity index is 1.96. The molecule has 1 aromatic carbocycles. The van der Waals surface area contributed by atoms with Gasteiger partial charge in [-0.3, -0.25) is 4.98 Å². The first-order valence-electron chi connectivity index (χ1n) is 6.03. The number of nitrogens with zero attached hydrogens (tertiary/aromatic N) is 2. The summed E-state index contributed by atoms with van der Waals surface area (Å²) >= 11 is 0. The second-order valence-corrected chi connectivity index (χ2v) is 4.14. The molecular formula is C15H13N3O. The molecule has 0 saturated carbocycles. The fraction of sp³-hybridized carbons (Fsp3) is 0.0667. The van der Waals surface area contributed by atoms with E-state index in [9.17, 15) is 0 Å². The van der Waals surface area contributed by atoms with Gasteiger partial charge in [0.2, 0.25) is 5.88 Å². The highest BCUT2D eigenvalue weighted by molar-refractivity contribution is 5.85. The number of hydrogen-bond acceptors (Lipinski definition) is 4. The first-order chi connectivity index (χ1) is 9.36. The quantitative estimate of drug-likeness (QED) is 0.777. The highest BCUT2D eigenvalue weighted by atomic mass is 16.5. The van der Waals surface area contributed by atoms with Crippen LogP contribution in [0.3, 0.4) is 0 Å². The molecule has 0 unspecified atom stereocenters. The van der Waals surface area contributed by atoms with Gasteiger partial charge in [0.25, 0.3) is 0 Å². The van der Waals surface area contributed by atoms with Gasteiger partial charge in [-0.15, -0.1) is 0 Å². The van der Waals surface area contributed by atoms with Crippen molar-refractivity contribution in [2.75, 3.05) is 0 Å². The molecule has 0 atom stereocenters. The SMILES string of the molecule is NCc1ccc(Oc2cccc3ncccc23)nc1. The van der Waals surface area contributed by atoms with Crippen LogP contribution >= 0.6 is 0 Å². The third-order valence-electron chi connectivity index (χ3n) is 2.85. The van der Waals surface area contributed by atoms with Crippen molar-refractivity contribution >= 4 is 10.9 Å². The van der Waals surface area contributed by atoms with Gasteiger partial charge in [-0.25, -0.2) is 4.98 Å². The first kappa shape index (κ1) is 11.6. The maximum Gasteiger partial charge on any atom is 0.219 e. The van der Waals surface area contributed by atoms with E-state index in [1.54, 1.807) is 12.4 Å². The van der Waals surface area contributed by atoms with Crippen LogP contribution in [-0.4, -0.2) is 9.97 Å².